The molecule has 0 fully saturated rings. The lowest BCUT2D eigenvalue weighted by Gasteiger charge is -2.22. The highest BCUT2D eigenvalue weighted by atomic mass is 35.6. The molecule has 0 unspecified atom stereocenters. The normalized spacial score (nSPS) is 12.0. The molecular weight excluding hydrogens is 215 g/mol. The molecule has 0 N–H and O–H groups in total. The van der Waals surface area contributed by atoms with Crippen molar-refractivity contribution >= 4 is 30.6 Å². The van der Waals surface area contributed by atoms with Crippen LogP contribution in [0.5, 0.6) is 0 Å². The minimum atomic E-state index is -2.38. The van der Waals surface area contributed by atoms with E-state index in [-0.39, 0.29) is 0 Å². The van der Waals surface area contributed by atoms with Crippen LogP contribution in [0.1, 0.15) is 20.3 Å². The van der Waals surface area contributed by atoms with Crippen molar-refractivity contribution in [3.05, 3.63) is 0 Å². The summed E-state index contributed by atoms with van der Waals surface area (Å²) in [5.74, 6) is 0.613. The first kappa shape index (κ1) is 12.7. The van der Waals surface area contributed by atoms with Gasteiger partial charge in [0.15, 0.2) is 0 Å². The van der Waals surface area contributed by atoms with Crippen molar-refractivity contribution in [3.8, 4) is 0 Å². The van der Waals surface area contributed by atoms with Gasteiger partial charge in [-0.15, -0.1) is 11.6 Å². The molecule has 0 aliphatic rings. The van der Waals surface area contributed by atoms with Crippen LogP contribution in [-0.4, -0.2) is 27.0 Å². The van der Waals surface area contributed by atoms with Crippen LogP contribution in [0.25, 0.3) is 0 Å². The molecule has 0 atom stereocenters. The van der Waals surface area contributed by atoms with Gasteiger partial charge in [-0.05, 0) is 20.3 Å². The summed E-state index contributed by atoms with van der Waals surface area (Å²) in [7, 11) is -2.38. The SMILES string of the molecule is CCO[Si](Cl)(CCCCl)OCC. The average molecular weight is 231 g/mol. The molecular formula is C7H16Cl2O2Si. The van der Waals surface area contributed by atoms with E-state index in [2.05, 4.69) is 0 Å². The second-order valence-electron chi connectivity index (χ2n) is 2.32. The zero-order chi connectivity index (χ0) is 9.45. The van der Waals surface area contributed by atoms with Crippen LogP contribution in [0.3, 0.4) is 0 Å². The summed E-state index contributed by atoms with van der Waals surface area (Å²) in [6, 6.07) is 0.764. The number of alkyl halides is 1. The fourth-order valence-corrected chi connectivity index (χ4v) is 4.14. The predicted molar refractivity (Wildman–Crippen MR) is 55.0 cm³/mol. The van der Waals surface area contributed by atoms with E-state index in [1.165, 1.54) is 0 Å². The minimum Gasteiger partial charge on any atom is -0.383 e. The maximum Gasteiger partial charge on any atom is 0.443 e. The van der Waals surface area contributed by atoms with Crippen molar-refractivity contribution in [2.24, 2.45) is 0 Å². The molecule has 5 heteroatoms. The monoisotopic (exact) mass is 230 g/mol. The van der Waals surface area contributed by atoms with Crippen molar-refractivity contribution < 1.29 is 8.85 Å². The second-order valence-corrected chi connectivity index (χ2v) is 6.82. The Morgan fingerprint density at radius 3 is 2.00 bits per heavy atom. The zero-order valence-corrected chi connectivity index (χ0v) is 10.1. The van der Waals surface area contributed by atoms with Crippen molar-refractivity contribution in [1.29, 1.82) is 0 Å². The minimum absolute atomic E-state index is 0.609. The van der Waals surface area contributed by atoms with Gasteiger partial charge in [0, 0.05) is 25.1 Å². The van der Waals surface area contributed by atoms with E-state index in [1.807, 2.05) is 13.8 Å². The van der Waals surface area contributed by atoms with Crippen molar-refractivity contribution in [3.63, 3.8) is 0 Å². The lowest BCUT2D eigenvalue weighted by molar-refractivity contribution is 0.203. The van der Waals surface area contributed by atoms with Gasteiger partial charge in [-0.2, -0.15) is 0 Å². The number of rotatable bonds is 7. The second kappa shape index (κ2) is 7.15. The summed E-state index contributed by atoms with van der Waals surface area (Å²) in [4.78, 5) is 0. The Morgan fingerprint density at radius 1 is 1.17 bits per heavy atom. The smallest absolute Gasteiger partial charge is 0.383 e. The Hall–Kier alpha value is 0.717. The summed E-state index contributed by atoms with van der Waals surface area (Å²) < 4.78 is 10.8. The summed E-state index contributed by atoms with van der Waals surface area (Å²) in [6.45, 7) is 5.06. The molecule has 0 heterocycles. The molecule has 0 saturated heterocycles. The van der Waals surface area contributed by atoms with Gasteiger partial charge < -0.3 is 8.85 Å². The number of hydrogen-bond acceptors (Lipinski definition) is 2. The third-order valence-electron chi connectivity index (χ3n) is 1.33. The summed E-state index contributed by atoms with van der Waals surface area (Å²) in [6.07, 6.45) is 0.858. The zero-order valence-electron chi connectivity index (χ0n) is 7.61. The predicted octanol–water partition coefficient (Wildman–Crippen LogP) is 2.87. The summed E-state index contributed by atoms with van der Waals surface area (Å²) >= 11 is 11.7. The van der Waals surface area contributed by atoms with Crippen LogP contribution >= 0.6 is 22.7 Å². The van der Waals surface area contributed by atoms with Gasteiger partial charge in [-0.25, -0.2) is 0 Å². The molecule has 0 aliphatic carbocycles. The standard InChI is InChI=1S/C7H16Cl2O2Si/c1-3-10-12(9,11-4-2)7-5-6-8/h3-7H2,1-2H3. The number of halogens is 2. The molecule has 74 valence electrons. The van der Waals surface area contributed by atoms with Crippen LogP contribution in [-0.2, 0) is 8.85 Å². The highest BCUT2D eigenvalue weighted by Crippen LogP contribution is 2.20. The van der Waals surface area contributed by atoms with Crippen LogP contribution in [0.15, 0.2) is 0 Å². The topological polar surface area (TPSA) is 18.5 Å². The van der Waals surface area contributed by atoms with Gasteiger partial charge in [0.1, 0.15) is 0 Å². The Morgan fingerprint density at radius 2 is 1.67 bits per heavy atom. The Labute approximate surface area is 85.1 Å². The fraction of sp³-hybridized carbons (Fsp3) is 1.00. The number of hydrogen-bond donors (Lipinski definition) is 0. The fourth-order valence-electron chi connectivity index (χ4n) is 0.895. The molecule has 2 nitrogen and oxygen atoms in total. The van der Waals surface area contributed by atoms with Gasteiger partial charge >= 0.3 is 7.87 Å². The van der Waals surface area contributed by atoms with Crippen LogP contribution in [0, 0.1) is 0 Å². The summed E-state index contributed by atoms with van der Waals surface area (Å²) in [5.41, 5.74) is 0. The van der Waals surface area contributed by atoms with Gasteiger partial charge in [-0.1, -0.05) is 11.1 Å². The first-order valence-electron chi connectivity index (χ1n) is 4.21. The Bertz CT molecular complexity index is 108. The molecule has 0 aromatic heterocycles. The highest BCUT2D eigenvalue weighted by molar-refractivity contribution is 7.13. The third kappa shape index (κ3) is 5.38. The maximum absolute atomic E-state index is 6.15. The van der Waals surface area contributed by atoms with E-state index < -0.39 is 7.87 Å². The Kier molecular flexibility index (Phi) is 7.58. The molecule has 0 aromatic carbocycles. The molecule has 0 aliphatic heterocycles. The van der Waals surface area contributed by atoms with E-state index in [9.17, 15) is 0 Å². The summed E-state index contributed by atoms with van der Waals surface area (Å²) in [5, 5.41) is 0. The van der Waals surface area contributed by atoms with Crippen LogP contribution in [0.2, 0.25) is 6.04 Å². The average Bonchev–Trinajstić information content (AvgIpc) is 2.02. The quantitative estimate of drug-likeness (QED) is 0.381. The lowest BCUT2D eigenvalue weighted by atomic mass is 10.6. The Balaban J connectivity index is 3.80. The van der Waals surface area contributed by atoms with Crippen molar-refractivity contribution in [2.45, 2.75) is 26.3 Å². The van der Waals surface area contributed by atoms with Crippen molar-refractivity contribution in [2.75, 3.05) is 19.1 Å². The molecule has 0 rings (SSSR count). The molecule has 0 saturated carbocycles. The van der Waals surface area contributed by atoms with Gasteiger partial charge in [-0.3, -0.25) is 0 Å². The molecule has 0 radical (unpaired) electrons. The molecule has 0 amide bonds. The van der Waals surface area contributed by atoms with Gasteiger partial charge in [0.05, 0.1) is 0 Å². The first-order chi connectivity index (χ1) is 5.68. The van der Waals surface area contributed by atoms with E-state index >= 15 is 0 Å². The van der Waals surface area contributed by atoms with Gasteiger partial charge in [0.2, 0.25) is 0 Å². The molecule has 0 spiro atoms. The van der Waals surface area contributed by atoms with Crippen LogP contribution in [0.4, 0.5) is 0 Å². The highest BCUT2D eigenvalue weighted by Gasteiger charge is 2.34. The first-order valence-corrected chi connectivity index (χ1v) is 7.78. The van der Waals surface area contributed by atoms with E-state index in [0.717, 1.165) is 12.5 Å². The largest absolute Gasteiger partial charge is 0.443 e. The van der Waals surface area contributed by atoms with Crippen molar-refractivity contribution in [1.82, 2.24) is 0 Å². The molecule has 12 heavy (non-hydrogen) atoms. The lowest BCUT2D eigenvalue weighted by Crippen LogP contribution is -2.36. The van der Waals surface area contributed by atoms with E-state index in [4.69, 9.17) is 31.5 Å². The molecule has 0 bridgehead atoms. The molecule has 0 aromatic rings. The van der Waals surface area contributed by atoms with E-state index in [1.54, 1.807) is 0 Å². The third-order valence-corrected chi connectivity index (χ3v) is 5.21. The van der Waals surface area contributed by atoms with Gasteiger partial charge in [0.25, 0.3) is 0 Å². The van der Waals surface area contributed by atoms with E-state index in [0.29, 0.717) is 19.1 Å². The van der Waals surface area contributed by atoms with Crippen LogP contribution < -0.4 is 0 Å². The maximum atomic E-state index is 6.15.